The van der Waals surface area contributed by atoms with E-state index in [4.69, 9.17) is 4.74 Å². The Bertz CT molecular complexity index is 998. The minimum absolute atomic E-state index is 0.242. The number of halogens is 3. The number of hydrogen-bond acceptors (Lipinski definition) is 4. The van der Waals surface area contributed by atoms with Crippen molar-refractivity contribution in [3.63, 3.8) is 0 Å². The standard InChI is InChI=1S/C26H26F3N3O/c27-26(28,29)21-11-13-22(14-12-21)33-23-17-31-25(32-18-23)30-16-15-24(19-7-3-1-4-8-19)20-9-5-2-6-10-20/h1-14,23-24H,15-18H2,(H2,30,31,32). The van der Waals surface area contributed by atoms with Gasteiger partial charge in [-0.05, 0) is 41.8 Å². The van der Waals surface area contributed by atoms with Crippen molar-refractivity contribution in [2.24, 2.45) is 4.99 Å². The van der Waals surface area contributed by atoms with Gasteiger partial charge in [-0.25, -0.2) is 4.99 Å². The maximum atomic E-state index is 12.7. The zero-order valence-electron chi connectivity index (χ0n) is 18.1. The van der Waals surface area contributed by atoms with Gasteiger partial charge in [-0.3, -0.25) is 0 Å². The van der Waals surface area contributed by atoms with Crippen molar-refractivity contribution in [3.8, 4) is 5.75 Å². The Morgan fingerprint density at radius 3 is 2.03 bits per heavy atom. The lowest BCUT2D eigenvalue weighted by molar-refractivity contribution is -0.137. The number of guanidine groups is 1. The van der Waals surface area contributed by atoms with Crippen LogP contribution < -0.4 is 15.4 Å². The van der Waals surface area contributed by atoms with Gasteiger partial charge in [0.05, 0.1) is 18.7 Å². The predicted octanol–water partition coefficient (Wildman–Crippen LogP) is 5.22. The molecule has 1 heterocycles. The van der Waals surface area contributed by atoms with Gasteiger partial charge in [-0.1, -0.05) is 60.7 Å². The first-order valence-electron chi connectivity index (χ1n) is 10.9. The topological polar surface area (TPSA) is 45.6 Å². The van der Waals surface area contributed by atoms with Crippen LogP contribution in [-0.2, 0) is 6.18 Å². The summed E-state index contributed by atoms with van der Waals surface area (Å²) < 4.78 is 43.8. The van der Waals surface area contributed by atoms with Gasteiger partial charge in [0, 0.05) is 12.5 Å². The molecule has 0 aliphatic carbocycles. The molecule has 1 aliphatic rings. The molecule has 0 spiro atoms. The smallest absolute Gasteiger partial charge is 0.416 e. The molecule has 172 valence electrons. The van der Waals surface area contributed by atoms with Gasteiger partial charge in [0.25, 0.3) is 0 Å². The minimum atomic E-state index is -4.35. The summed E-state index contributed by atoms with van der Waals surface area (Å²) in [7, 11) is 0. The molecule has 4 rings (SSSR count). The molecule has 0 bridgehead atoms. The summed E-state index contributed by atoms with van der Waals surface area (Å²) in [6.07, 6.45) is -3.69. The first-order valence-corrected chi connectivity index (χ1v) is 10.9. The Morgan fingerprint density at radius 2 is 1.52 bits per heavy atom. The largest absolute Gasteiger partial charge is 0.487 e. The van der Waals surface area contributed by atoms with Crippen molar-refractivity contribution in [1.29, 1.82) is 0 Å². The molecule has 4 nitrogen and oxygen atoms in total. The maximum Gasteiger partial charge on any atom is 0.416 e. The van der Waals surface area contributed by atoms with Crippen LogP contribution in [-0.4, -0.2) is 31.7 Å². The summed E-state index contributed by atoms with van der Waals surface area (Å²) in [5.74, 6) is 1.39. The first-order chi connectivity index (χ1) is 16.0. The predicted molar refractivity (Wildman–Crippen MR) is 124 cm³/mol. The van der Waals surface area contributed by atoms with Crippen LogP contribution in [0.25, 0.3) is 0 Å². The van der Waals surface area contributed by atoms with Crippen LogP contribution in [0.2, 0.25) is 0 Å². The minimum Gasteiger partial charge on any atom is -0.487 e. The molecule has 0 saturated heterocycles. The average Bonchev–Trinajstić information content (AvgIpc) is 2.84. The summed E-state index contributed by atoms with van der Waals surface area (Å²) >= 11 is 0. The van der Waals surface area contributed by atoms with Crippen LogP contribution in [0.1, 0.15) is 29.0 Å². The van der Waals surface area contributed by atoms with Crippen LogP contribution in [0, 0.1) is 0 Å². The molecule has 7 heteroatoms. The lowest BCUT2D eigenvalue weighted by Gasteiger charge is -2.25. The number of ether oxygens (including phenoxy) is 1. The van der Waals surface area contributed by atoms with Gasteiger partial charge in [-0.15, -0.1) is 0 Å². The van der Waals surface area contributed by atoms with E-state index >= 15 is 0 Å². The van der Waals surface area contributed by atoms with E-state index in [9.17, 15) is 13.2 Å². The number of benzene rings is 3. The third-order valence-corrected chi connectivity index (χ3v) is 5.56. The van der Waals surface area contributed by atoms with Crippen molar-refractivity contribution in [1.82, 2.24) is 10.6 Å². The molecular weight excluding hydrogens is 427 g/mol. The third kappa shape index (κ3) is 6.28. The fourth-order valence-electron chi connectivity index (χ4n) is 3.87. The van der Waals surface area contributed by atoms with Crippen molar-refractivity contribution < 1.29 is 17.9 Å². The molecular formula is C26H26F3N3O. The second-order valence-corrected chi connectivity index (χ2v) is 7.92. The second kappa shape index (κ2) is 10.4. The quantitative estimate of drug-likeness (QED) is 0.515. The van der Waals surface area contributed by atoms with Crippen LogP contribution >= 0.6 is 0 Å². The average molecular weight is 454 g/mol. The number of rotatable bonds is 7. The molecule has 0 radical (unpaired) electrons. The molecule has 1 atom stereocenters. The molecule has 1 aliphatic heterocycles. The molecule has 3 aromatic carbocycles. The number of nitrogens with one attached hydrogen (secondary N) is 2. The highest BCUT2D eigenvalue weighted by Gasteiger charge is 2.30. The SMILES string of the molecule is FC(F)(F)c1ccc(OC2CN=C(NCCC(c3ccccc3)c3ccccc3)NC2)cc1. The molecule has 0 fully saturated rings. The van der Waals surface area contributed by atoms with Gasteiger partial charge >= 0.3 is 6.18 Å². The van der Waals surface area contributed by atoms with E-state index in [1.54, 1.807) is 0 Å². The van der Waals surface area contributed by atoms with Gasteiger partial charge in [-0.2, -0.15) is 13.2 Å². The van der Waals surface area contributed by atoms with Crippen LogP contribution in [0.3, 0.4) is 0 Å². The fourth-order valence-corrected chi connectivity index (χ4v) is 3.87. The normalized spacial score (nSPS) is 16.1. The summed E-state index contributed by atoms with van der Waals surface area (Å²) in [5.41, 5.74) is 1.86. The molecule has 0 amide bonds. The van der Waals surface area contributed by atoms with Crippen molar-refractivity contribution in [2.75, 3.05) is 19.6 Å². The van der Waals surface area contributed by atoms with E-state index in [0.717, 1.165) is 25.1 Å². The highest BCUT2D eigenvalue weighted by atomic mass is 19.4. The lowest BCUT2D eigenvalue weighted by Crippen LogP contribution is -2.48. The number of alkyl halides is 3. The van der Waals surface area contributed by atoms with Gasteiger partial charge in [0.2, 0.25) is 0 Å². The Balaban J connectivity index is 1.29. The van der Waals surface area contributed by atoms with Crippen LogP contribution in [0.5, 0.6) is 5.75 Å². The van der Waals surface area contributed by atoms with Crippen molar-refractivity contribution in [2.45, 2.75) is 24.6 Å². The maximum absolute atomic E-state index is 12.7. The van der Waals surface area contributed by atoms with E-state index < -0.39 is 11.7 Å². The Morgan fingerprint density at radius 1 is 0.909 bits per heavy atom. The second-order valence-electron chi connectivity index (χ2n) is 7.92. The zero-order valence-corrected chi connectivity index (χ0v) is 18.1. The molecule has 2 N–H and O–H groups in total. The Kier molecular flexibility index (Phi) is 7.17. The van der Waals surface area contributed by atoms with Crippen molar-refractivity contribution >= 4 is 5.96 Å². The van der Waals surface area contributed by atoms with Gasteiger partial charge in [0.15, 0.2) is 5.96 Å². The fraction of sp³-hybridized carbons (Fsp3) is 0.269. The summed E-state index contributed by atoms with van der Waals surface area (Å²) in [5, 5.41) is 6.57. The molecule has 1 unspecified atom stereocenters. The summed E-state index contributed by atoms with van der Waals surface area (Å²) in [6, 6.07) is 25.6. The highest BCUT2D eigenvalue weighted by molar-refractivity contribution is 5.80. The Labute approximate surface area is 191 Å². The number of aliphatic imine (C=N–C) groups is 1. The zero-order chi connectivity index (χ0) is 23.1. The first kappa shape index (κ1) is 22.7. The molecule has 3 aromatic rings. The van der Waals surface area contributed by atoms with E-state index in [0.29, 0.717) is 24.8 Å². The highest BCUT2D eigenvalue weighted by Crippen LogP contribution is 2.30. The lowest BCUT2D eigenvalue weighted by atomic mass is 9.88. The number of nitrogens with zero attached hydrogens (tertiary/aromatic N) is 1. The van der Waals surface area contributed by atoms with Crippen LogP contribution in [0.4, 0.5) is 13.2 Å². The van der Waals surface area contributed by atoms with E-state index in [1.165, 1.54) is 23.3 Å². The number of hydrogen-bond donors (Lipinski definition) is 2. The molecule has 33 heavy (non-hydrogen) atoms. The summed E-state index contributed by atoms with van der Waals surface area (Å²) in [4.78, 5) is 4.50. The van der Waals surface area contributed by atoms with Gasteiger partial charge in [0.1, 0.15) is 11.9 Å². The molecule has 0 aromatic heterocycles. The third-order valence-electron chi connectivity index (χ3n) is 5.56. The van der Waals surface area contributed by atoms with E-state index in [2.05, 4.69) is 64.2 Å². The van der Waals surface area contributed by atoms with E-state index in [1.807, 2.05) is 12.1 Å². The van der Waals surface area contributed by atoms with E-state index in [-0.39, 0.29) is 12.0 Å². The van der Waals surface area contributed by atoms with Crippen LogP contribution in [0.15, 0.2) is 89.9 Å². The summed E-state index contributed by atoms with van der Waals surface area (Å²) in [6.45, 7) is 1.69. The Hall–Kier alpha value is -3.48. The molecule has 0 saturated carbocycles. The van der Waals surface area contributed by atoms with Crippen molar-refractivity contribution in [3.05, 3.63) is 102 Å². The monoisotopic (exact) mass is 453 g/mol. The van der Waals surface area contributed by atoms with Gasteiger partial charge < -0.3 is 15.4 Å².